The molecule has 3 rings (SSSR count). The lowest BCUT2D eigenvalue weighted by atomic mass is 10.1. The highest BCUT2D eigenvalue weighted by Crippen LogP contribution is 2.24. The van der Waals surface area contributed by atoms with Crippen molar-refractivity contribution in [2.75, 3.05) is 45.9 Å². The minimum Gasteiger partial charge on any atom is -0.488 e. The average Bonchev–Trinajstić information content (AvgIpc) is 3.25. The molecule has 2 fully saturated rings. The minimum atomic E-state index is -0.108. The van der Waals surface area contributed by atoms with Gasteiger partial charge in [-0.3, -0.25) is 0 Å². The SMILES string of the molecule is CCNC(=NCc1ccc(C)cc1OC1CCOC1)NCCCN1CCC(O)CC1. The van der Waals surface area contributed by atoms with Crippen LogP contribution in [0.2, 0.25) is 0 Å². The maximum atomic E-state index is 9.62. The fraction of sp³-hybridized carbons (Fsp3) is 0.696. The van der Waals surface area contributed by atoms with Gasteiger partial charge in [0.2, 0.25) is 0 Å². The van der Waals surface area contributed by atoms with Crippen molar-refractivity contribution in [3.63, 3.8) is 0 Å². The van der Waals surface area contributed by atoms with Gasteiger partial charge in [0, 0.05) is 38.2 Å². The molecule has 1 aromatic carbocycles. The smallest absolute Gasteiger partial charge is 0.191 e. The highest BCUT2D eigenvalue weighted by Gasteiger charge is 2.19. The zero-order chi connectivity index (χ0) is 21.2. The summed E-state index contributed by atoms with van der Waals surface area (Å²) in [6, 6.07) is 6.32. The standard InChI is InChI=1S/C23H38N4O3/c1-3-24-23(25-10-4-11-27-12-7-20(28)8-13-27)26-16-19-6-5-18(2)15-22(19)30-21-9-14-29-17-21/h5-6,15,20-21,28H,3-4,7-14,16-17H2,1-2H3,(H2,24,25,26). The number of hydrogen-bond acceptors (Lipinski definition) is 5. The molecule has 3 N–H and O–H groups in total. The molecular formula is C23H38N4O3. The topological polar surface area (TPSA) is 78.4 Å². The van der Waals surface area contributed by atoms with E-state index in [4.69, 9.17) is 14.5 Å². The summed E-state index contributed by atoms with van der Waals surface area (Å²) in [7, 11) is 0. The number of rotatable bonds is 9. The third-order valence-electron chi connectivity index (χ3n) is 5.66. The molecule has 30 heavy (non-hydrogen) atoms. The van der Waals surface area contributed by atoms with Crippen LogP contribution >= 0.6 is 0 Å². The van der Waals surface area contributed by atoms with E-state index in [1.165, 1.54) is 5.56 Å². The number of ether oxygens (including phenoxy) is 2. The number of nitrogens with one attached hydrogen (secondary N) is 2. The van der Waals surface area contributed by atoms with Gasteiger partial charge in [0.1, 0.15) is 11.9 Å². The number of guanidine groups is 1. The first-order chi connectivity index (χ1) is 14.6. The number of hydrogen-bond donors (Lipinski definition) is 3. The Kier molecular flexibility index (Phi) is 9.24. The van der Waals surface area contributed by atoms with Gasteiger partial charge in [0.25, 0.3) is 0 Å². The summed E-state index contributed by atoms with van der Waals surface area (Å²) >= 11 is 0. The summed E-state index contributed by atoms with van der Waals surface area (Å²) in [5, 5.41) is 16.4. The maximum Gasteiger partial charge on any atom is 0.191 e. The molecule has 1 unspecified atom stereocenters. The molecule has 0 saturated carbocycles. The lowest BCUT2D eigenvalue weighted by Gasteiger charge is -2.29. The Morgan fingerprint density at radius 2 is 2.10 bits per heavy atom. The molecule has 0 spiro atoms. The summed E-state index contributed by atoms with van der Waals surface area (Å²) in [6.07, 6.45) is 3.81. The second-order valence-corrected chi connectivity index (χ2v) is 8.26. The Hall–Kier alpha value is -1.83. The summed E-state index contributed by atoms with van der Waals surface area (Å²) in [6.45, 7) is 10.9. The van der Waals surface area contributed by atoms with Gasteiger partial charge in [0.05, 0.1) is 25.9 Å². The number of piperidine rings is 1. The van der Waals surface area contributed by atoms with Gasteiger partial charge in [0.15, 0.2) is 5.96 Å². The van der Waals surface area contributed by atoms with Crippen LogP contribution in [0.25, 0.3) is 0 Å². The van der Waals surface area contributed by atoms with E-state index in [0.717, 1.165) is 82.3 Å². The van der Waals surface area contributed by atoms with Crippen molar-refractivity contribution in [2.45, 2.75) is 58.3 Å². The summed E-state index contributed by atoms with van der Waals surface area (Å²) in [5.41, 5.74) is 2.28. The van der Waals surface area contributed by atoms with Crippen molar-refractivity contribution in [3.8, 4) is 5.75 Å². The van der Waals surface area contributed by atoms with Crippen LogP contribution in [0.4, 0.5) is 0 Å². The lowest BCUT2D eigenvalue weighted by Crippen LogP contribution is -2.40. The molecule has 0 amide bonds. The number of nitrogens with zero attached hydrogens (tertiary/aromatic N) is 2. The first-order valence-corrected chi connectivity index (χ1v) is 11.4. The molecule has 2 aliphatic heterocycles. The first kappa shape index (κ1) is 22.8. The van der Waals surface area contributed by atoms with Gasteiger partial charge >= 0.3 is 0 Å². The molecule has 0 aliphatic carbocycles. The van der Waals surface area contributed by atoms with E-state index in [1.807, 2.05) is 0 Å². The fourth-order valence-corrected chi connectivity index (χ4v) is 3.85. The molecule has 2 aliphatic rings. The molecule has 7 nitrogen and oxygen atoms in total. The highest BCUT2D eigenvalue weighted by molar-refractivity contribution is 5.79. The van der Waals surface area contributed by atoms with Gasteiger partial charge < -0.3 is 30.1 Å². The fourth-order valence-electron chi connectivity index (χ4n) is 3.85. The van der Waals surface area contributed by atoms with Crippen LogP contribution in [-0.4, -0.2) is 74.1 Å². The Bertz CT molecular complexity index is 668. The minimum absolute atomic E-state index is 0.108. The van der Waals surface area contributed by atoms with Crippen LogP contribution in [0.1, 0.15) is 43.7 Å². The predicted octanol–water partition coefficient (Wildman–Crippen LogP) is 2.06. The molecule has 1 aromatic rings. The van der Waals surface area contributed by atoms with E-state index in [1.54, 1.807) is 0 Å². The quantitative estimate of drug-likeness (QED) is 0.324. The van der Waals surface area contributed by atoms with Crippen LogP contribution in [0.5, 0.6) is 5.75 Å². The monoisotopic (exact) mass is 418 g/mol. The summed E-state index contributed by atoms with van der Waals surface area (Å²) in [4.78, 5) is 7.21. The Morgan fingerprint density at radius 1 is 1.27 bits per heavy atom. The number of aliphatic hydroxyl groups excluding tert-OH is 1. The van der Waals surface area contributed by atoms with E-state index in [0.29, 0.717) is 13.2 Å². The Balaban J connectivity index is 1.50. The highest BCUT2D eigenvalue weighted by atomic mass is 16.5. The van der Waals surface area contributed by atoms with Crippen molar-refractivity contribution >= 4 is 5.96 Å². The molecule has 2 heterocycles. The number of aliphatic hydroxyl groups is 1. The number of aliphatic imine (C=N–C) groups is 1. The summed E-state index contributed by atoms with van der Waals surface area (Å²) in [5.74, 6) is 1.75. The molecule has 7 heteroatoms. The number of benzene rings is 1. The maximum absolute atomic E-state index is 9.62. The zero-order valence-corrected chi connectivity index (χ0v) is 18.5. The van der Waals surface area contributed by atoms with E-state index >= 15 is 0 Å². The average molecular weight is 419 g/mol. The second kappa shape index (κ2) is 12.1. The first-order valence-electron chi connectivity index (χ1n) is 11.4. The molecule has 1 atom stereocenters. The van der Waals surface area contributed by atoms with Gasteiger partial charge in [-0.25, -0.2) is 4.99 Å². The normalized spacial score (nSPS) is 21.0. The van der Waals surface area contributed by atoms with E-state index < -0.39 is 0 Å². The molecule has 0 bridgehead atoms. The van der Waals surface area contributed by atoms with Gasteiger partial charge in [-0.1, -0.05) is 12.1 Å². The van der Waals surface area contributed by atoms with Crippen molar-refractivity contribution in [1.29, 1.82) is 0 Å². The lowest BCUT2D eigenvalue weighted by molar-refractivity contribution is 0.0823. The van der Waals surface area contributed by atoms with E-state index in [2.05, 4.69) is 47.6 Å². The van der Waals surface area contributed by atoms with Gasteiger partial charge in [-0.15, -0.1) is 0 Å². The van der Waals surface area contributed by atoms with Crippen molar-refractivity contribution in [2.24, 2.45) is 4.99 Å². The Labute approximate surface area is 180 Å². The zero-order valence-electron chi connectivity index (χ0n) is 18.5. The van der Waals surface area contributed by atoms with Gasteiger partial charge in [-0.2, -0.15) is 0 Å². The van der Waals surface area contributed by atoms with Crippen LogP contribution in [0, 0.1) is 6.92 Å². The molecule has 0 aromatic heterocycles. The third kappa shape index (κ3) is 7.45. The van der Waals surface area contributed by atoms with Crippen LogP contribution in [0.3, 0.4) is 0 Å². The van der Waals surface area contributed by atoms with Crippen LogP contribution < -0.4 is 15.4 Å². The summed E-state index contributed by atoms with van der Waals surface area (Å²) < 4.78 is 11.6. The largest absolute Gasteiger partial charge is 0.488 e. The molecule has 2 saturated heterocycles. The third-order valence-corrected chi connectivity index (χ3v) is 5.66. The van der Waals surface area contributed by atoms with E-state index in [9.17, 15) is 5.11 Å². The molecule has 0 radical (unpaired) electrons. The Morgan fingerprint density at radius 3 is 2.83 bits per heavy atom. The number of likely N-dealkylation sites (tertiary alicyclic amines) is 1. The van der Waals surface area contributed by atoms with E-state index in [-0.39, 0.29) is 12.2 Å². The molecule has 168 valence electrons. The van der Waals surface area contributed by atoms with Crippen molar-refractivity contribution in [1.82, 2.24) is 15.5 Å². The van der Waals surface area contributed by atoms with Crippen molar-refractivity contribution in [3.05, 3.63) is 29.3 Å². The van der Waals surface area contributed by atoms with Crippen LogP contribution in [-0.2, 0) is 11.3 Å². The predicted molar refractivity (Wildman–Crippen MR) is 120 cm³/mol. The second-order valence-electron chi connectivity index (χ2n) is 8.26. The number of aryl methyl sites for hydroxylation is 1. The van der Waals surface area contributed by atoms with Crippen LogP contribution in [0.15, 0.2) is 23.2 Å². The van der Waals surface area contributed by atoms with Crippen molar-refractivity contribution < 1.29 is 14.6 Å². The molecular weight excluding hydrogens is 380 g/mol. The van der Waals surface area contributed by atoms with Gasteiger partial charge in [-0.05, 0) is 51.3 Å².